The van der Waals surface area contributed by atoms with Crippen molar-refractivity contribution in [2.45, 2.75) is 25.9 Å². The predicted molar refractivity (Wildman–Crippen MR) is 53.4 cm³/mol. The molecule has 1 aromatic rings. The van der Waals surface area contributed by atoms with Gasteiger partial charge >= 0.3 is 0 Å². The molecule has 2 unspecified atom stereocenters. The molecule has 1 heterocycles. The number of aromatic nitrogens is 1. The van der Waals surface area contributed by atoms with Crippen molar-refractivity contribution >= 4 is 0 Å². The summed E-state index contributed by atoms with van der Waals surface area (Å²) >= 11 is 0. The molecule has 3 heteroatoms. The molecule has 1 saturated carbocycles. The van der Waals surface area contributed by atoms with Gasteiger partial charge in [0, 0.05) is 24.3 Å². The minimum absolute atomic E-state index is 0.535. The Kier molecular flexibility index (Phi) is 2.47. The highest BCUT2D eigenvalue weighted by Crippen LogP contribution is 2.29. The fourth-order valence-corrected chi connectivity index (χ4v) is 1.53. The maximum atomic E-state index is 8.81. The van der Waals surface area contributed by atoms with Crippen LogP contribution < -0.4 is 5.32 Å². The van der Waals surface area contributed by atoms with Gasteiger partial charge in [0.1, 0.15) is 11.8 Å². The maximum Gasteiger partial charge on any atom is 0.144 e. The Labute approximate surface area is 83.8 Å². The van der Waals surface area contributed by atoms with Crippen LogP contribution in [0.4, 0.5) is 0 Å². The molecule has 2 rings (SSSR count). The van der Waals surface area contributed by atoms with Crippen LogP contribution in [0.3, 0.4) is 0 Å². The van der Waals surface area contributed by atoms with Crippen molar-refractivity contribution < 1.29 is 0 Å². The molecule has 0 aromatic carbocycles. The SMILES string of the molecule is CC1CC1NCc1cccnc1C#N. The van der Waals surface area contributed by atoms with E-state index in [1.54, 1.807) is 6.20 Å². The average Bonchev–Trinajstić information content (AvgIpc) is 2.92. The van der Waals surface area contributed by atoms with Gasteiger partial charge in [0.05, 0.1) is 0 Å². The molecular formula is C11H13N3. The Morgan fingerprint density at radius 2 is 2.50 bits per heavy atom. The van der Waals surface area contributed by atoms with Gasteiger partial charge in [-0.05, 0) is 18.4 Å². The van der Waals surface area contributed by atoms with Crippen LogP contribution in [0.2, 0.25) is 0 Å². The first-order valence-corrected chi connectivity index (χ1v) is 4.88. The molecule has 1 aliphatic rings. The minimum Gasteiger partial charge on any atom is -0.310 e. The zero-order valence-corrected chi connectivity index (χ0v) is 8.20. The topological polar surface area (TPSA) is 48.7 Å². The quantitative estimate of drug-likeness (QED) is 0.779. The largest absolute Gasteiger partial charge is 0.310 e. The zero-order valence-electron chi connectivity index (χ0n) is 8.20. The molecule has 0 radical (unpaired) electrons. The van der Waals surface area contributed by atoms with E-state index in [0.717, 1.165) is 18.0 Å². The van der Waals surface area contributed by atoms with Gasteiger partial charge in [-0.2, -0.15) is 5.26 Å². The van der Waals surface area contributed by atoms with E-state index in [2.05, 4.69) is 23.3 Å². The molecule has 1 aliphatic carbocycles. The van der Waals surface area contributed by atoms with Crippen LogP contribution in [0.5, 0.6) is 0 Å². The first-order chi connectivity index (χ1) is 6.81. The van der Waals surface area contributed by atoms with Gasteiger partial charge in [-0.25, -0.2) is 4.98 Å². The molecule has 1 fully saturated rings. The Bertz CT molecular complexity index is 367. The van der Waals surface area contributed by atoms with Gasteiger partial charge in [0.2, 0.25) is 0 Å². The highest BCUT2D eigenvalue weighted by Gasteiger charge is 2.31. The summed E-state index contributed by atoms with van der Waals surface area (Å²) in [4.78, 5) is 4.01. The van der Waals surface area contributed by atoms with Gasteiger partial charge in [0.15, 0.2) is 0 Å². The van der Waals surface area contributed by atoms with E-state index in [1.807, 2.05) is 12.1 Å². The fourth-order valence-electron chi connectivity index (χ4n) is 1.53. The van der Waals surface area contributed by atoms with Crippen molar-refractivity contribution in [2.75, 3.05) is 0 Å². The van der Waals surface area contributed by atoms with Crippen molar-refractivity contribution in [3.05, 3.63) is 29.6 Å². The third-order valence-corrected chi connectivity index (χ3v) is 2.66. The number of rotatable bonds is 3. The van der Waals surface area contributed by atoms with E-state index >= 15 is 0 Å². The molecule has 0 aliphatic heterocycles. The van der Waals surface area contributed by atoms with Crippen LogP contribution in [0.25, 0.3) is 0 Å². The lowest BCUT2D eigenvalue weighted by Gasteiger charge is -2.03. The number of hydrogen-bond acceptors (Lipinski definition) is 3. The molecule has 72 valence electrons. The standard InChI is InChI=1S/C11H13N3/c1-8-5-10(8)14-7-9-3-2-4-13-11(9)6-12/h2-4,8,10,14H,5,7H2,1H3. The number of nitriles is 1. The van der Waals surface area contributed by atoms with E-state index in [9.17, 15) is 0 Å². The second-order valence-corrected chi connectivity index (χ2v) is 3.82. The Morgan fingerprint density at radius 1 is 1.71 bits per heavy atom. The Morgan fingerprint density at radius 3 is 3.14 bits per heavy atom. The maximum absolute atomic E-state index is 8.81. The summed E-state index contributed by atoms with van der Waals surface area (Å²) in [7, 11) is 0. The van der Waals surface area contributed by atoms with E-state index in [1.165, 1.54) is 6.42 Å². The van der Waals surface area contributed by atoms with Crippen LogP contribution in [0.1, 0.15) is 24.6 Å². The van der Waals surface area contributed by atoms with Gasteiger partial charge in [0.25, 0.3) is 0 Å². The van der Waals surface area contributed by atoms with Crippen LogP contribution >= 0.6 is 0 Å². The van der Waals surface area contributed by atoms with E-state index in [4.69, 9.17) is 5.26 Å². The molecule has 1 N–H and O–H groups in total. The molecule has 1 aromatic heterocycles. The number of nitrogens with zero attached hydrogens (tertiary/aromatic N) is 2. The summed E-state index contributed by atoms with van der Waals surface area (Å²) in [6, 6.07) is 6.56. The van der Waals surface area contributed by atoms with Gasteiger partial charge < -0.3 is 5.32 Å². The third-order valence-electron chi connectivity index (χ3n) is 2.66. The lowest BCUT2D eigenvalue weighted by molar-refractivity contribution is 0.650. The van der Waals surface area contributed by atoms with Crippen molar-refractivity contribution in [3.8, 4) is 6.07 Å². The van der Waals surface area contributed by atoms with Crippen molar-refractivity contribution in [2.24, 2.45) is 5.92 Å². The van der Waals surface area contributed by atoms with Gasteiger partial charge in [-0.1, -0.05) is 13.0 Å². The number of hydrogen-bond donors (Lipinski definition) is 1. The first kappa shape index (κ1) is 9.17. The van der Waals surface area contributed by atoms with E-state index in [0.29, 0.717) is 11.7 Å². The molecule has 14 heavy (non-hydrogen) atoms. The molecule has 0 spiro atoms. The molecule has 2 atom stereocenters. The van der Waals surface area contributed by atoms with Crippen LogP contribution in [-0.2, 0) is 6.54 Å². The van der Waals surface area contributed by atoms with Gasteiger partial charge in [-0.15, -0.1) is 0 Å². The smallest absolute Gasteiger partial charge is 0.144 e. The predicted octanol–water partition coefficient (Wildman–Crippen LogP) is 1.45. The summed E-state index contributed by atoms with van der Waals surface area (Å²) in [5.74, 6) is 0.789. The van der Waals surface area contributed by atoms with E-state index in [-0.39, 0.29) is 0 Å². The first-order valence-electron chi connectivity index (χ1n) is 4.88. The van der Waals surface area contributed by atoms with Crippen molar-refractivity contribution in [3.63, 3.8) is 0 Å². The highest BCUT2D eigenvalue weighted by molar-refractivity contribution is 5.30. The third kappa shape index (κ3) is 1.91. The van der Waals surface area contributed by atoms with E-state index < -0.39 is 0 Å². The number of nitrogens with one attached hydrogen (secondary N) is 1. The molecule has 0 amide bonds. The second-order valence-electron chi connectivity index (χ2n) is 3.82. The molecule has 0 bridgehead atoms. The summed E-state index contributed by atoms with van der Waals surface area (Å²) in [6.07, 6.45) is 2.91. The lowest BCUT2D eigenvalue weighted by atomic mass is 10.2. The van der Waals surface area contributed by atoms with Crippen LogP contribution in [-0.4, -0.2) is 11.0 Å². The van der Waals surface area contributed by atoms with Crippen molar-refractivity contribution in [1.29, 1.82) is 5.26 Å². The molecule has 3 nitrogen and oxygen atoms in total. The second kappa shape index (κ2) is 3.77. The summed E-state index contributed by atoms with van der Waals surface area (Å²) in [5, 5.41) is 12.2. The zero-order chi connectivity index (χ0) is 9.97. The molecular weight excluding hydrogens is 174 g/mol. The Hall–Kier alpha value is -1.40. The van der Waals surface area contributed by atoms with Gasteiger partial charge in [-0.3, -0.25) is 0 Å². The average molecular weight is 187 g/mol. The minimum atomic E-state index is 0.535. The van der Waals surface area contributed by atoms with Crippen LogP contribution in [0, 0.1) is 17.2 Å². The normalized spacial score (nSPS) is 24.3. The number of pyridine rings is 1. The summed E-state index contributed by atoms with van der Waals surface area (Å²) in [5.41, 5.74) is 1.53. The molecule has 0 saturated heterocycles. The Balaban J connectivity index is 1.98. The summed E-state index contributed by atoms with van der Waals surface area (Å²) < 4.78 is 0. The van der Waals surface area contributed by atoms with Crippen LogP contribution in [0.15, 0.2) is 18.3 Å². The summed E-state index contributed by atoms with van der Waals surface area (Å²) in [6.45, 7) is 2.98. The fraction of sp³-hybridized carbons (Fsp3) is 0.455. The highest BCUT2D eigenvalue weighted by atomic mass is 15.0. The monoisotopic (exact) mass is 187 g/mol. The van der Waals surface area contributed by atoms with Crippen molar-refractivity contribution in [1.82, 2.24) is 10.3 Å². The lowest BCUT2D eigenvalue weighted by Crippen LogP contribution is -2.18.